The van der Waals surface area contributed by atoms with Gasteiger partial charge in [0.25, 0.3) is 0 Å². The minimum atomic E-state index is -0.482. The van der Waals surface area contributed by atoms with Gasteiger partial charge in [0.05, 0.1) is 6.42 Å². The maximum Gasteiger partial charge on any atom is 0.306 e. The molecule has 1 aliphatic rings. The minimum absolute atomic E-state index is 0.0563. The molecule has 0 aromatic carbocycles. The molecule has 122 valence electrons. The molecule has 1 amide bonds. The van der Waals surface area contributed by atoms with E-state index in [9.17, 15) is 9.59 Å². The molecule has 0 unspecified atom stereocenters. The number of carbonyl (C=O) groups excluding carboxylic acids is 2. The Hall–Kier alpha value is -1.06. The van der Waals surface area contributed by atoms with Crippen LogP contribution in [0.3, 0.4) is 0 Å². The molecule has 0 aromatic rings. The predicted octanol–water partition coefficient (Wildman–Crippen LogP) is 3.54. The summed E-state index contributed by atoms with van der Waals surface area (Å²) in [6.45, 7) is 7.75. The second-order valence-corrected chi connectivity index (χ2v) is 7.17. The molecule has 0 atom stereocenters. The van der Waals surface area contributed by atoms with Crippen molar-refractivity contribution in [3.05, 3.63) is 0 Å². The first-order valence-electron chi connectivity index (χ1n) is 8.20. The van der Waals surface area contributed by atoms with E-state index in [0.29, 0.717) is 6.04 Å². The molecule has 0 heterocycles. The fourth-order valence-corrected chi connectivity index (χ4v) is 2.92. The zero-order chi connectivity index (χ0) is 16.0. The Balaban J connectivity index is 2.33. The summed E-state index contributed by atoms with van der Waals surface area (Å²) < 4.78 is 5.23. The van der Waals surface area contributed by atoms with Crippen molar-refractivity contribution in [3.63, 3.8) is 0 Å². The van der Waals surface area contributed by atoms with Crippen LogP contribution in [0, 0.1) is 5.92 Å². The number of esters is 1. The van der Waals surface area contributed by atoms with Gasteiger partial charge >= 0.3 is 5.97 Å². The average Bonchev–Trinajstić information content (AvgIpc) is 2.42. The highest BCUT2D eigenvalue weighted by molar-refractivity contribution is 5.81. The second-order valence-electron chi connectivity index (χ2n) is 7.17. The lowest BCUT2D eigenvalue weighted by Crippen LogP contribution is -2.39. The number of hydrogen-bond acceptors (Lipinski definition) is 3. The van der Waals surface area contributed by atoms with Crippen molar-refractivity contribution in [3.8, 4) is 0 Å². The Morgan fingerprint density at radius 2 is 1.67 bits per heavy atom. The van der Waals surface area contributed by atoms with Crippen molar-refractivity contribution in [1.82, 2.24) is 4.90 Å². The summed E-state index contributed by atoms with van der Waals surface area (Å²) in [4.78, 5) is 25.7. The van der Waals surface area contributed by atoms with Gasteiger partial charge in [-0.15, -0.1) is 0 Å². The van der Waals surface area contributed by atoms with Crippen molar-refractivity contribution >= 4 is 11.9 Å². The van der Waals surface area contributed by atoms with Crippen LogP contribution in [-0.4, -0.2) is 35.5 Å². The fourth-order valence-electron chi connectivity index (χ4n) is 2.92. The van der Waals surface area contributed by atoms with Crippen LogP contribution in [0.4, 0.5) is 0 Å². The van der Waals surface area contributed by atoms with Crippen LogP contribution in [0.5, 0.6) is 0 Å². The Labute approximate surface area is 129 Å². The Morgan fingerprint density at radius 3 is 2.14 bits per heavy atom. The third-order valence-corrected chi connectivity index (χ3v) is 4.30. The normalized spacial score (nSPS) is 22.7. The Kier molecular flexibility index (Phi) is 6.69. The zero-order valence-corrected chi connectivity index (χ0v) is 14.3. The van der Waals surface area contributed by atoms with Gasteiger partial charge in [0, 0.05) is 19.5 Å². The van der Waals surface area contributed by atoms with Gasteiger partial charge in [-0.05, 0) is 52.4 Å². The number of carbonyl (C=O) groups is 2. The molecule has 1 saturated carbocycles. The van der Waals surface area contributed by atoms with E-state index in [1.54, 1.807) is 0 Å². The molecule has 0 aromatic heterocycles. The SMILES string of the molecule is CCC1CCC(N(C)C(=O)CCC(=O)OC(C)(C)C)CC1. The third kappa shape index (κ3) is 6.49. The van der Waals surface area contributed by atoms with Crippen LogP contribution in [0.1, 0.15) is 72.6 Å². The lowest BCUT2D eigenvalue weighted by atomic mass is 9.84. The summed E-state index contributed by atoms with van der Waals surface area (Å²) in [5, 5.41) is 0. The van der Waals surface area contributed by atoms with Gasteiger partial charge in [-0.25, -0.2) is 0 Å². The molecule has 0 saturated heterocycles. The molecule has 0 spiro atoms. The molecule has 1 rings (SSSR count). The predicted molar refractivity (Wildman–Crippen MR) is 83.9 cm³/mol. The molecular formula is C17H31NO3. The zero-order valence-electron chi connectivity index (χ0n) is 14.3. The molecule has 1 fully saturated rings. The Bertz CT molecular complexity index is 352. The van der Waals surface area contributed by atoms with Gasteiger partial charge in [-0.3, -0.25) is 9.59 Å². The van der Waals surface area contributed by atoms with E-state index >= 15 is 0 Å². The first-order valence-corrected chi connectivity index (χ1v) is 8.20. The molecule has 0 bridgehead atoms. The van der Waals surface area contributed by atoms with E-state index in [4.69, 9.17) is 4.74 Å². The second kappa shape index (κ2) is 7.81. The van der Waals surface area contributed by atoms with Crippen LogP contribution in [0.2, 0.25) is 0 Å². The van der Waals surface area contributed by atoms with Gasteiger partial charge in [-0.1, -0.05) is 13.3 Å². The minimum Gasteiger partial charge on any atom is -0.460 e. The van der Waals surface area contributed by atoms with Gasteiger partial charge in [-0.2, -0.15) is 0 Å². The molecule has 21 heavy (non-hydrogen) atoms. The maximum absolute atomic E-state index is 12.2. The van der Waals surface area contributed by atoms with E-state index in [-0.39, 0.29) is 24.7 Å². The molecule has 4 heteroatoms. The fraction of sp³-hybridized carbons (Fsp3) is 0.882. The van der Waals surface area contributed by atoms with Crippen molar-refractivity contribution in [1.29, 1.82) is 0 Å². The van der Waals surface area contributed by atoms with Crippen molar-refractivity contribution in [2.45, 2.75) is 84.3 Å². The summed E-state index contributed by atoms with van der Waals surface area (Å²) in [5.74, 6) is 0.589. The van der Waals surface area contributed by atoms with Crippen LogP contribution in [-0.2, 0) is 14.3 Å². The third-order valence-electron chi connectivity index (χ3n) is 4.30. The first kappa shape index (κ1) is 18.0. The highest BCUT2D eigenvalue weighted by Gasteiger charge is 2.26. The molecule has 4 nitrogen and oxygen atoms in total. The molecule has 0 radical (unpaired) electrons. The van der Waals surface area contributed by atoms with Crippen molar-refractivity contribution < 1.29 is 14.3 Å². The summed E-state index contributed by atoms with van der Waals surface area (Å²) in [6, 6.07) is 0.346. The van der Waals surface area contributed by atoms with Crippen LogP contribution < -0.4 is 0 Å². The standard InChI is InChI=1S/C17H31NO3/c1-6-13-7-9-14(10-8-13)18(5)15(19)11-12-16(20)21-17(2,3)4/h13-14H,6-12H2,1-5H3. The number of amides is 1. The summed E-state index contributed by atoms with van der Waals surface area (Å²) in [7, 11) is 1.87. The van der Waals surface area contributed by atoms with Gasteiger partial charge in [0.15, 0.2) is 0 Å². The first-order chi connectivity index (χ1) is 9.73. The quantitative estimate of drug-likeness (QED) is 0.729. The lowest BCUT2D eigenvalue weighted by Gasteiger charge is -2.34. The van der Waals surface area contributed by atoms with Crippen LogP contribution in [0.25, 0.3) is 0 Å². The molecule has 0 N–H and O–H groups in total. The number of ether oxygens (including phenoxy) is 1. The van der Waals surface area contributed by atoms with E-state index in [2.05, 4.69) is 6.92 Å². The van der Waals surface area contributed by atoms with Crippen LogP contribution >= 0.6 is 0 Å². The van der Waals surface area contributed by atoms with Crippen molar-refractivity contribution in [2.24, 2.45) is 5.92 Å². The monoisotopic (exact) mass is 297 g/mol. The summed E-state index contributed by atoms with van der Waals surface area (Å²) >= 11 is 0. The number of rotatable bonds is 5. The number of hydrogen-bond donors (Lipinski definition) is 0. The maximum atomic E-state index is 12.2. The van der Waals surface area contributed by atoms with Gasteiger partial charge in [0.2, 0.25) is 5.91 Å². The lowest BCUT2D eigenvalue weighted by molar-refractivity contribution is -0.156. The average molecular weight is 297 g/mol. The van der Waals surface area contributed by atoms with Gasteiger partial charge < -0.3 is 9.64 Å². The van der Waals surface area contributed by atoms with Gasteiger partial charge in [0.1, 0.15) is 5.60 Å². The highest BCUT2D eigenvalue weighted by atomic mass is 16.6. The van der Waals surface area contributed by atoms with E-state index in [1.807, 2.05) is 32.7 Å². The summed E-state index contributed by atoms with van der Waals surface area (Å²) in [5.41, 5.74) is -0.482. The highest BCUT2D eigenvalue weighted by Crippen LogP contribution is 2.29. The van der Waals surface area contributed by atoms with Crippen molar-refractivity contribution in [2.75, 3.05) is 7.05 Å². The van der Waals surface area contributed by atoms with E-state index < -0.39 is 5.60 Å². The smallest absolute Gasteiger partial charge is 0.306 e. The topological polar surface area (TPSA) is 46.6 Å². The van der Waals surface area contributed by atoms with E-state index in [0.717, 1.165) is 18.8 Å². The van der Waals surface area contributed by atoms with E-state index in [1.165, 1.54) is 19.3 Å². The number of nitrogens with zero attached hydrogens (tertiary/aromatic N) is 1. The molecular weight excluding hydrogens is 266 g/mol. The largest absolute Gasteiger partial charge is 0.460 e. The summed E-state index contributed by atoms with van der Waals surface area (Å²) in [6.07, 6.45) is 6.27. The molecule has 1 aliphatic carbocycles. The van der Waals surface area contributed by atoms with Crippen LogP contribution in [0.15, 0.2) is 0 Å². The Morgan fingerprint density at radius 1 is 1.10 bits per heavy atom. The molecule has 0 aliphatic heterocycles.